The molecule has 2 N–H and O–H groups in total. The third-order valence-electron chi connectivity index (χ3n) is 4.74. The number of rotatable bonds is 21. The number of carbonyl (C=O) groups excluding carboxylic acids is 1. The molecule has 0 saturated heterocycles. The molecule has 2 atom stereocenters. The van der Waals surface area contributed by atoms with E-state index in [1.165, 1.54) is 51.4 Å². The number of hydrogen-bond donors (Lipinski definition) is 2. The Balaban J connectivity index is 3.42. The minimum atomic E-state index is -4.13. The molecule has 178 valence electrons. The van der Waals surface area contributed by atoms with Crippen molar-refractivity contribution in [3.8, 4) is 0 Å². The molecule has 0 aliphatic heterocycles. The average molecular weight is 451 g/mol. The zero-order chi connectivity index (χ0) is 22.5. The van der Waals surface area contributed by atoms with Crippen LogP contribution in [0.2, 0.25) is 0 Å². The van der Waals surface area contributed by atoms with Gasteiger partial charge in [-0.25, -0.2) is 4.57 Å². The predicted octanol–water partition coefficient (Wildman–Crippen LogP) is 5.69. The van der Waals surface area contributed by atoms with Gasteiger partial charge in [-0.1, -0.05) is 70.4 Å². The number of hydrogen-bond acceptors (Lipinski definition) is 6. The largest absolute Gasteiger partial charge is 0.472 e. The summed E-state index contributed by atoms with van der Waals surface area (Å²) in [5, 5.41) is 9.57. The molecule has 0 radical (unpaired) electrons. The molecule has 0 aliphatic rings. The fourth-order valence-electron chi connectivity index (χ4n) is 2.88. The van der Waals surface area contributed by atoms with Gasteiger partial charge in [-0.3, -0.25) is 13.8 Å². The normalized spacial score (nSPS) is 14.7. The van der Waals surface area contributed by atoms with Gasteiger partial charge in [-0.05, 0) is 32.1 Å². The van der Waals surface area contributed by atoms with Crippen LogP contribution in [0.5, 0.6) is 0 Å². The average Bonchev–Trinajstić information content (AvgIpc) is 2.73. The van der Waals surface area contributed by atoms with Gasteiger partial charge in [-0.2, -0.15) is 0 Å². The number of aliphatic hydroxyl groups is 1. The highest BCUT2D eigenvalue weighted by molar-refractivity contribution is 7.47. The van der Waals surface area contributed by atoms with Crippen molar-refractivity contribution in [1.82, 2.24) is 0 Å². The van der Waals surface area contributed by atoms with Gasteiger partial charge < -0.3 is 14.7 Å². The third kappa shape index (κ3) is 20.5. The minimum absolute atomic E-state index is 0.270. The van der Waals surface area contributed by atoms with Crippen molar-refractivity contribution >= 4 is 13.8 Å². The molecule has 0 amide bonds. The molecule has 0 aromatic rings. The lowest BCUT2D eigenvalue weighted by Gasteiger charge is -2.13. The molecule has 0 rings (SSSR count). The number of unbranched alkanes of at least 4 members (excludes halogenated alkanes) is 11. The molecule has 0 aromatic heterocycles. The van der Waals surface area contributed by atoms with Crippen LogP contribution in [0.3, 0.4) is 0 Å². The van der Waals surface area contributed by atoms with Crippen molar-refractivity contribution in [2.75, 3.05) is 20.3 Å². The van der Waals surface area contributed by atoms with E-state index in [-0.39, 0.29) is 12.6 Å². The molecule has 0 spiro atoms. The molecule has 0 aromatic carbocycles. The summed E-state index contributed by atoms with van der Waals surface area (Å²) in [4.78, 5) is 20.7. The third-order valence-corrected chi connectivity index (χ3v) is 5.68. The quantitative estimate of drug-likeness (QED) is 0.100. The lowest BCUT2D eigenvalue weighted by Crippen LogP contribution is -2.23. The van der Waals surface area contributed by atoms with Crippen LogP contribution >= 0.6 is 7.82 Å². The molecule has 0 aliphatic carbocycles. The summed E-state index contributed by atoms with van der Waals surface area (Å²) in [5.41, 5.74) is 0. The Morgan fingerprint density at radius 2 is 1.43 bits per heavy atom. The molecule has 7 nitrogen and oxygen atoms in total. The van der Waals surface area contributed by atoms with Crippen LogP contribution < -0.4 is 0 Å². The zero-order valence-electron chi connectivity index (χ0n) is 18.9. The van der Waals surface area contributed by atoms with Crippen LogP contribution in [-0.4, -0.2) is 42.4 Å². The van der Waals surface area contributed by atoms with Gasteiger partial charge in [0.05, 0.1) is 6.61 Å². The van der Waals surface area contributed by atoms with E-state index in [4.69, 9.17) is 9.63 Å². The Morgan fingerprint density at radius 3 is 2.00 bits per heavy atom. The highest BCUT2D eigenvalue weighted by atomic mass is 31.2. The van der Waals surface area contributed by atoms with Gasteiger partial charge in [0.25, 0.3) is 0 Å². The predicted molar refractivity (Wildman–Crippen MR) is 119 cm³/mol. The van der Waals surface area contributed by atoms with E-state index in [2.05, 4.69) is 28.1 Å². The van der Waals surface area contributed by atoms with Gasteiger partial charge in [0.15, 0.2) is 0 Å². The molecular formula is C22H43O7P. The van der Waals surface area contributed by atoms with E-state index in [0.717, 1.165) is 39.2 Å². The Kier molecular flexibility index (Phi) is 19.7. The first-order chi connectivity index (χ1) is 14.4. The summed E-state index contributed by atoms with van der Waals surface area (Å²) >= 11 is 0. The topological polar surface area (TPSA) is 102 Å². The fourth-order valence-corrected chi connectivity index (χ4v) is 3.35. The number of allylic oxidation sites excluding steroid dienone is 2. The maximum Gasteiger partial charge on any atom is 0.472 e. The van der Waals surface area contributed by atoms with E-state index in [1.54, 1.807) is 0 Å². The van der Waals surface area contributed by atoms with Crippen LogP contribution in [-0.2, 0) is 23.1 Å². The van der Waals surface area contributed by atoms with Gasteiger partial charge in [0.1, 0.15) is 12.7 Å². The lowest BCUT2D eigenvalue weighted by atomic mass is 10.1. The summed E-state index contributed by atoms with van der Waals surface area (Å²) < 4.78 is 24.7. The second-order valence-electron chi connectivity index (χ2n) is 7.62. The molecule has 0 saturated carbocycles. The Labute approximate surface area is 182 Å². The van der Waals surface area contributed by atoms with Crippen LogP contribution in [0, 0.1) is 0 Å². The van der Waals surface area contributed by atoms with Crippen molar-refractivity contribution in [2.24, 2.45) is 0 Å². The summed E-state index contributed by atoms with van der Waals surface area (Å²) in [6, 6.07) is 0. The minimum Gasteiger partial charge on any atom is -0.463 e. The van der Waals surface area contributed by atoms with E-state index in [9.17, 15) is 14.5 Å². The molecule has 8 heteroatoms. The van der Waals surface area contributed by atoms with Crippen molar-refractivity contribution in [3.05, 3.63) is 12.2 Å². The highest BCUT2D eigenvalue weighted by Gasteiger charge is 2.21. The van der Waals surface area contributed by atoms with Crippen LogP contribution in [0.1, 0.15) is 96.8 Å². The first-order valence-electron chi connectivity index (χ1n) is 11.4. The summed E-state index contributed by atoms with van der Waals surface area (Å²) in [6.07, 6.45) is 19.3. The maximum atomic E-state index is 11.6. The molecule has 30 heavy (non-hydrogen) atoms. The number of phosphoric ester groups is 1. The molecule has 0 fully saturated rings. The smallest absolute Gasteiger partial charge is 0.463 e. The number of phosphoric acid groups is 1. The molecule has 0 heterocycles. The summed E-state index contributed by atoms with van der Waals surface area (Å²) in [6.45, 7) is 1.53. The standard InChI is InChI=1S/C22H43O7P/c1-3-4-5-6-7-8-9-10-11-12-13-14-15-16-17-18-22(24)28-19-21(23)20-29-30(25,26)27-2/h10-11,21,23H,3-9,12-20H2,1-2H3,(H,25,26)/b11-10-/t21-/m1/s1. The van der Waals surface area contributed by atoms with Crippen LogP contribution in [0.4, 0.5) is 0 Å². The number of ether oxygens (including phenoxy) is 1. The molecular weight excluding hydrogens is 407 g/mol. The van der Waals surface area contributed by atoms with Gasteiger partial charge >= 0.3 is 13.8 Å². The van der Waals surface area contributed by atoms with Crippen molar-refractivity contribution < 1.29 is 33.1 Å². The van der Waals surface area contributed by atoms with E-state index in [1.807, 2.05) is 0 Å². The monoisotopic (exact) mass is 450 g/mol. The van der Waals surface area contributed by atoms with Crippen molar-refractivity contribution in [3.63, 3.8) is 0 Å². The highest BCUT2D eigenvalue weighted by Crippen LogP contribution is 2.41. The first kappa shape index (κ1) is 29.3. The number of aliphatic hydroxyl groups excluding tert-OH is 1. The Hall–Kier alpha value is -0.720. The number of esters is 1. The number of carbonyl (C=O) groups is 1. The van der Waals surface area contributed by atoms with Crippen LogP contribution in [0.15, 0.2) is 12.2 Å². The van der Waals surface area contributed by atoms with E-state index >= 15 is 0 Å². The zero-order valence-corrected chi connectivity index (χ0v) is 19.8. The van der Waals surface area contributed by atoms with E-state index in [0.29, 0.717) is 6.42 Å². The fraction of sp³-hybridized carbons (Fsp3) is 0.864. The van der Waals surface area contributed by atoms with Crippen molar-refractivity contribution in [2.45, 2.75) is 103 Å². The van der Waals surface area contributed by atoms with Gasteiger partial charge in [-0.15, -0.1) is 0 Å². The maximum absolute atomic E-state index is 11.6. The second-order valence-corrected chi connectivity index (χ2v) is 9.18. The van der Waals surface area contributed by atoms with Crippen LogP contribution in [0.25, 0.3) is 0 Å². The van der Waals surface area contributed by atoms with Crippen molar-refractivity contribution in [1.29, 1.82) is 0 Å². The SMILES string of the molecule is CCCCCCCC/C=C\CCCCCCCC(=O)OC[C@@H](O)COP(=O)(O)OC. The summed E-state index contributed by atoms with van der Waals surface area (Å²) in [7, 11) is -3.10. The lowest BCUT2D eigenvalue weighted by molar-refractivity contribution is -0.147. The van der Waals surface area contributed by atoms with E-state index < -0.39 is 20.5 Å². The van der Waals surface area contributed by atoms with Gasteiger partial charge in [0.2, 0.25) is 0 Å². The molecule has 0 bridgehead atoms. The molecule has 1 unspecified atom stereocenters. The van der Waals surface area contributed by atoms with Gasteiger partial charge in [0, 0.05) is 13.5 Å². The Morgan fingerprint density at radius 1 is 0.900 bits per heavy atom. The summed E-state index contributed by atoms with van der Waals surface area (Å²) in [5.74, 6) is -0.384. The first-order valence-corrected chi connectivity index (χ1v) is 12.9. The Bertz CT molecular complexity index is 482. The second kappa shape index (κ2) is 20.2.